The van der Waals surface area contributed by atoms with Gasteiger partial charge in [0, 0.05) is 18.9 Å². The molecule has 0 aliphatic rings. The van der Waals surface area contributed by atoms with Gasteiger partial charge in [-0.05, 0) is 25.5 Å². The van der Waals surface area contributed by atoms with Gasteiger partial charge in [0.15, 0.2) is 0 Å². The number of hydrogen-bond donors (Lipinski definition) is 0. The van der Waals surface area contributed by atoms with Gasteiger partial charge in [0.25, 0.3) is 0 Å². The van der Waals surface area contributed by atoms with E-state index in [1.165, 1.54) is 9.13 Å². The Kier molecular flexibility index (Phi) is 4.98. The number of hydrogen-bond acceptors (Lipinski definition) is 3. The van der Waals surface area contributed by atoms with Crippen molar-refractivity contribution in [3.63, 3.8) is 0 Å². The molecule has 0 N–H and O–H groups in total. The average molecular weight is 288 g/mol. The Morgan fingerprint density at radius 1 is 1.05 bits per heavy atom. The molecule has 5 heteroatoms. The molecule has 5 nitrogen and oxygen atoms in total. The summed E-state index contributed by atoms with van der Waals surface area (Å²) < 4.78 is 8.32. The summed E-state index contributed by atoms with van der Waals surface area (Å²) in [5, 5.41) is 0. The molecule has 0 amide bonds. The Bertz CT molecular complexity index is 716. The maximum absolute atomic E-state index is 12.3. The van der Waals surface area contributed by atoms with Crippen LogP contribution >= 0.6 is 0 Å². The van der Waals surface area contributed by atoms with E-state index in [-0.39, 0.29) is 0 Å². The molecule has 2 rings (SSSR count). The summed E-state index contributed by atoms with van der Waals surface area (Å²) in [7, 11) is 0. The molecular weight excluding hydrogens is 268 g/mol. The third-order valence-electron chi connectivity index (χ3n) is 3.24. The van der Waals surface area contributed by atoms with E-state index in [2.05, 4.69) is 0 Å². The Morgan fingerprint density at radius 2 is 1.81 bits per heavy atom. The number of rotatable bonds is 6. The summed E-state index contributed by atoms with van der Waals surface area (Å²) in [6, 6.07) is 7.20. The first kappa shape index (κ1) is 15.1. The highest BCUT2D eigenvalue weighted by atomic mass is 16.5. The van der Waals surface area contributed by atoms with Gasteiger partial charge in [0.2, 0.25) is 0 Å². The molecule has 2 aromatic rings. The van der Waals surface area contributed by atoms with Crippen molar-refractivity contribution in [3.05, 3.63) is 57.4 Å². The van der Waals surface area contributed by atoms with Crippen LogP contribution in [0.5, 0.6) is 5.75 Å². The largest absolute Gasteiger partial charge is 0.492 e. The molecule has 0 fully saturated rings. The van der Waals surface area contributed by atoms with Crippen LogP contribution < -0.4 is 15.9 Å². The smallest absolute Gasteiger partial charge is 0.321 e. The molecule has 0 radical (unpaired) electrons. The molecule has 1 aromatic carbocycles. The zero-order valence-corrected chi connectivity index (χ0v) is 12.4. The Morgan fingerprint density at radius 3 is 2.52 bits per heavy atom. The molecule has 0 spiro atoms. The van der Waals surface area contributed by atoms with Gasteiger partial charge in [-0.1, -0.05) is 25.5 Å². The molecule has 0 bridgehead atoms. The molecule has 1 heterocycles. The fourth-order valence-corrected chi connectivity index (χ4v) is 2.14. The lowest BCUT2D eigenvalue weighted by atomic mass is 10.3. The highest BCUT2D eigenvalue weighted by Crippen LogP contribution is 2.20. The fourth-order valence-electron chi connectivity index (χ4n) is 2.14. The van der Waals surface area contributed by atoms with Gasteiger partial charge in [0.05, 0.1) is 12.3 Å². The lowest BCUT2D eigenvalue weighted by molar-refractivity contribution is 0.339. The minimum absolute atomic E-state index is 0.499. The van der Waals surface area contributed by atoms with E-state index in [1.54, 1.807) is 24.5 Å². The van der Waals surface area contributed by atoms with Crippen molar-refractivity contribution >= 4 is 0 Å². The maximum Gasteiger partial charge on any atom is 0.321 e. The van der Waals surface area contributed by atoms with Crippen LogP contribution in [0, 0.1) is 0 Å². The van der Waals surface area contributed by atoms with E-state index >= 15 is 0 Å². The molecular formula is C16H20N2O3. The number of nitrogens with zero attached hydrogens (tertiary/aromatic N) is 2. The summed E-state index contributed by atoms with van der Waals surface area (Å²) in [5.41, 5.74) is -0.470. The van der Waals surface area contributed by atoms with Crippen molar-refractivity contribution in [3.8, 4) is 11.4 Å². The molecule has 0 saturated carbocycles. The van der Waals surface area contributed by atoms with Gasteiger partial charge >= 0.3 is 11.1 Å². The number of para-hydroxylation sites is 2. The Hall–Kier alpha value is -2.30. The molecule has 112 valence electrons. The second kappa shape index (κ2) is 6.92. The van der Waals surface area contributed by atoms with Crippen molar-refractivity contribution in [2.45, 2.75) is 33.2 Å². The van der Waals surface area contributed by atoms with E-state index < -0.39 is 11.1 Å². The highest BCUT2D eigenvalue weighted by Gasteiger charge is 2.10. The Balaban J connectivity index is 2.49. The first-order valence-electron chi connectivity index (χ1n) is 7.23. The average Bonchev–Trinajstić information content (AvgIpc) is 2.50. The second-order valence-electron chi connectivity index (χ2n) is 4.73. The standard InChI is InChI=1S/C16H20N2O3/c1-3-5-10-17-11-12-18(16(20)15(17)19)13-8-6-7-9-14(13)21-4-2/h6-9,11-12H,3-5,10H2,1-2H3. The Labute approximate surface area is 123 Å². The van der Waals surface area contributed by atoms with Crippen LogP contribution in [0.3, 0.4) is 0 Å². The minimum atomic E-state index is -0.555. The number of benzene rings is 1. The van der Waals surface area contributed by atoms with Crippen LogP contribution in [0.15, 0.2) is 46.2 Å². The monoisotopic (exact) mass is 288 g/mol. The lowest BCUT2D eigenvalue weighted by Crippen LogP contribution is -2.40. The van der Waals surface area contributed by atoms with Crippen molar-refractivity contribution in [2.24, 2.45) is 0 Å². The SMILES string of the molecule is CCCCn1ccn(-c2ccccc2OCC)c(=O)c1=O. The number of aromatic nitrogens is 2. The summed E-state index contributed by atoms with van der Waals surface area (Å²) in [5.74, 6) is 0.591. The van der Waals surface area contributed by atoms with Gasteiger partial charge in [-0.15, -0.1) is 0 Å². The number of unbranched alkanes of at least 4 members (excludes halogenated alkanes) is 1. The van der Waals surface area contributed by atoms with Crippen molar-refractivity contribution in [1.82, 2.24) is 9.13 Å². The zero-order valence-electron chi connectivity index (χ0n) is 12.4. The summed E-state index contributed by atoms with van der Waals surface area (Å²) in [4.78, 5) is 24.4. The first-order chi connectivity index (χ1) is 10.2. The molecule has 0 unspecified atom stereocenters. The van der Waals surface area contributed by atoms with Gasteiger partial charge in [-0.2, -0.15) is 0 Å². The zero-order chi connectivity index (χ0) is 15.2. The van der Waals surface area contributed by atoms with Gasteiger partial charge in [0.1, 0.15) is 5.75 Å². The normalized spacial score (nSPS) is 10.6. The quantitative estimate of drug-likeness (QED) is 0.766. The van der Waals surface area contributed by atoms with E-state index in [1.807, 2.05) is 26.0 Å². The van der Waals surface area contributed by atoms with Crippen molar-refractivity contribution < 1.29 is 4.74 Å². The van der Waals surface area contributed by atoms with Crippen LogP contribution in [0.25, 0.3) is 5.69 Å². The molecule has 0 atom stereocenters. The third kappa shape index (κ3) is 3.24. The molecule has 0 saturated heterocycles. The predicted molar refractivity (Wildman–Crippen MR) is 82.4 cm³/mol. The summed E-state index contributed by atoms with van der Waals surface area (Å²) in [6.45, 7) is 4.99. The van der Waals surface area contributed by atoms with Crippen molar-refractivity contribution in [2.75, 3.05) is 6.61 Å². The molecule has 0 aliphatic carbocycles. The fraction of sp³-hybridized carbons (Fsp3) is 0.375. The van der Waals surface area contributed by atoms with Crippen molar-refractivity contribution in [1.29, 1.82) is 0 Å². The summed E-state index contributed by atoms with van der Waals surface area (Å²) >= 11 is 0. The molecule has 21 heavy (non-hydrogen) atoms. The van der Waals surface area contributed by atoms with Gasteiger partial charge in [-0.3, -0.25) is 14.2 Å². The third-order valence-corrected chi connectivity index (χ3v) is 3.24. The predicted octanol–water partition coefficient (Wildman–Crippen LogP) is 2.20. The number of aryl methyl sites for hydroxylation is 1. The van der Waals surface area contributed by atoms with Crippen LogP contribution in [0.4, 0.5) is 0 Å². The van der Waals surface area contributed by atoms with Crippen LogP contribution in [0.2, 0.25) is 0 Å². The highest BCUT2D eigenvalue weighted by molar-refractivity contribution is 5.46. The van der Waals surface area contributed by atoms with E-state index in [9.17, 15) is 9.59 Å². The lowest BCUT2D eigenvalue weighted by Gasteiger charge is -2.12. The second-order valence-corrected chi connectivity index (χ2v) is 4.73. The van der Waals surface area contributed by atoms with E-state index in [4.69, 9.17) is 4.74 Å². The first-order valence-corrected chi connectivity index (χ1v) is 7.23. The van der Waals surface area contributed by atoms with Crippen LogP contribution in [-0.4, -0.2) is 15.7 Å². The summed E-state index contributed by atoms with van der Waals surface area (Å²) in [6.07, 6.45) is 5.13. The number of ether oxygens (including phenoxy) is 1. The topological polar surface area (TPSA) is 53.2 Å². The van der Waals surface area contributed by atoms with Gasteiger partial charge < -0.3 is 9.30 Å². The van der Waals surface area contributed by atoms with Crippen LogP contribution in [0.1, 0.15) is 26.7 Å². The van der Waals surface area contributed by atoms with Gasteiger partial charge in [-0.25, -0.2) is 0 Å². The maximum atomic E-state index is 12.3. The minimum Gasteiger partial charge on any atom is -0.492 e. The molecule has 1 aromatic heterocycles. The van der Waals surface area contributed by atoms with E-state index in [0.29, 0.717) is 24.6 Å². The van der Waals surface area contributed by atoms with Crippen LogP contribution in [-0.2, 0) is 6.54 Å². The van der Waals surface area contributed by atoms with E-state index in [0.717, 1.165) is 12.8 Å². The molecule has 0 aliphatic heterocycles.